The predicted octanol–water partition coefficient (Wildman–Crippen LogP) is 3.48. The van der Waals surface area contributed by atoms with Crippen molar-refractivity contribution in [2.45, 2.75) is 45.2 Å². The van der Waals surface area contributed by atoms with Crippen LogP contribution in [0.15, 0.2) is 24.3 Å². The third kappa shape index (κ3) is 2.44. The molecule has 1 atom stereocenters. The van der Waals surface area contributed by atoms with Crippen LogP contribution >= 0.6 is 0 Å². The molecule has 1 unspecified atom stereocenters. The van der Waals surface area contributed by atoms with Crippen molar-refractivity contribution in [1.29, 1.82) is 5.26 Å². The van der Waals surface area contributed by atoms with Crippen molar-refractivity contribution in [2.75, 3.05) is 24.5 Å². The summed E-state index contributed by atoms with van der Waals surface area (Å²) in [7, 11) is 0. The zero-order valence-electron chi connectivity index (χ0n) is 14.5. The number of hydrogen-bond acceptors (Lipinski definition) is 4. The molecule has 0 radical (unpaired) electrons. The standard InChI is InChI=1S/C20H24N4/c1-14-7-5-6-10-24(14)16-12-23(13-16)20-18(11-21)15(2)17-8-3-4-9-19(17)22-20/h3-4,8-9,14,16H,5-7,10,12-13H2,1-2H3. The number of para-hydroxylation sites is 1. The van der Waals surface area contributed by atoms with E-state index in [-0.39, 0.29) is 0 Å². The Labute approximate surface area is 143 Å². The lowest BCUT2D eigenvalue weighted by atomic mass is 9.96. The molecule has 2 aromatic rings. The number of nitriles is 1. The number of rotatable bonds is 2. The number of likely N-dealkylation sites (tertiary alicyclic amines) is 1. The van der Waals surface area contributed by atoms with Crippen molar-refractivity contribution < 1.29 is 0 Å². The van der Waals surface area contributed by atoms with E-state index in [4.69, 9.17) is 4.98 Å². The van der Waals surface area contributed by atoms with Gasteiger partial charge >= 0.3 is 0 Å². The van der Waals surface area contributed by atoms with E-state index in [2.05, 4.69) is 28.9 Å². The second kappa shape index (κ2) is 6.07. The summed E-state index contributed by atoms with van der Waals surface area (Å²) in [5, 5.41) is 10.7. The van der Waals surface area contributed by atoms with E-state index in [0.717, 1.165) is 40.9 Å². The molecule has 2 aliphatic rings. The Bertz CT molecular complexity index is 801. The molecule has 4 heteroatoms. The zero-order valence-corrected chi connectivity index (χ0v) is 14.5. The average Bonchev–Trinajstić information content (AvgIpc) is 2.56. The molecule has 2 saturated heterocycles. The van der Waals surface area contributed by atoms with Crippen LogP contribution in [0, 0.1) is 18.3 Å². The van der Waals surface area contributed by atoms with Gasteiger partial charge in [-0.25, -0.2) is 4.98 Å². The number of anilines is 1. The van der Waals surface area contributed by atoms with E-state index in [1.54, 1.807) is 0 Å². The minimum Gasteiger partial charge on any atom is -0.352 e. The fraction of sp³-hybridized carbons (Fsp3) is 0.500. The summed E-state index contributed by atoms with van der Waals surface area (Å²) in [4.78, 5) is 9.75. The van der Waals surface area contributed by atoms with Gasteiger partial charge < -0.3 is 4.90 Å². The lowest BCUT2D eigenvalue weighted by molar-refractivity contribution is 0.0873. The zero-order chi connectivity index (χ0) is 16.7. The highest BCUT2D eigenvalue weighted by Crippen LogP contribution is 2.32. The molecule has 124 valence electrons. The Morgan fingerprint density at radius 3 is 2.75 bits per heavy atom. The summed E-state index contributed by atoms with van der Waals surface area (Å²) in [6.07, 6.45) is 3.99. The van der Waals surface area contributed by atoms with Crippen LogP contribution in [0.1, 0.15) is 37.3 Å². The van der Waals surface area contributed by atoms with Gasteiger partial charge in [0.15, 0.2) is 0 Å². The van der Waals surface area contributed by atoms with Gasteiger partial charge in [-0.1, -0.05) is 24.6 Å². The van der Waals surface area contributed by atoms with Crippen molar-refractivity contribution in [1.82, 2.24) is 9.88 Å². The number of pyridine rings is 1. The van der Waals surface area contributed by atoms with Crippen molar-refractivity contribution in [3.05, 3.63) is 35.4 Å². The van der Waals surface area contributed by atoms with Gasteiger partial charge in [0.1, 0.15) is 11.9 Å². The number of fused-ring (bicyclic) bond motifs is 1. The Kier molecular flexibility index (Phi) is 3.90. The smallest absolute Gasteiger partial charge is 0.147 e. The number of piperidine rings is 1. The van der Waals surface area contributed by atoms with Gasteiger partial charge in [-0.05, 0) is 44.9 Å². The van der Waals surface area contributed by atoms with Gasteiger partial charge in [0.25, 0.3) is 0 Å². The van der Waals surface area contributed by atoms with Crippen molar-refractivity contribution >= 4 is 16.7 Å². The van der Waals surface area contributed by atoms with Crippen molar-refractivity contribution in [3.8, 4) is 6.07 Å². The molecule has 2 aliphatic heterocycles. The van der Waals surface area contributed by atoms with Gasteiger partial charge in [-0.15, -0.1) is 0 Å². The van der Waals surface area contributed by atoms with Crippen LogP contribution in [0.25, 0.3) is 10.9 Å². The number of hydrogen-bond donors (Lipinski definition) is 0. The maximum atomic E-state index is 9.66. The van der Waals surface area contributed by atoms with Gasteiger partial charge in [-0.3, -0.25) is 4.90 Å². The second-order valence-corrected chi connectivity index (χ2v) is 7.21. The summed E-state index contributed by atoms with van der Waals surface area (Å²) in [5.41, 5.74) is 2.77. The molecule has 0 amide bonds. The highest BCUT2D eigenvalue weighted by molar-refractivity contribution is 5.87. The minimum absolute atomic E-state index is 0.611. The predicted molar refractivity (Wildman–Crippen MR) is 97.2 cm³/mol. The second-order valence-electron chi connectivity index (χ2n) is 7.21. The molecule has 2 fully saturated rings. The fourth-order valence-corrected chi connectivity index (χ4v) is 4.22. The van der Waals surface area contributed by atoms with Crippen LogP contribution in [0.4, 0.5) is 5.82 Å². The monoisotopic (exact) mass is 320 g/mol. The number of nitrogens with zero attached hydrogens (tertiary/aromatic N) is 4. The largest absolute Gasteiger partial charge is 0.352 e. The summed E-state index contributed by atoms with van der Waals surface area (Å²) in [6.45, 7) is 7.58. The molecule has 0 N–H and O–H groups in total. The van der Waals surface area contributed by atoms with E-state index in [9.17, 15) is 5.26 Å². The Morgan fingerprint density at radius 2 is 2.00 bits per heavy atom. The normalized spacial score (nSPS) is 22.4. The quantitative estimate of drug-likeness (QED) is 0.850. The first-order valence-corrected chi connectivity index (χ1v) is 8.99. The molecule has 0 spiro atoms. The molecule has 0 aliphatic carbocycles. The molecule has 4 nitrogen and oxygen atoms in total. The summed E-state index contributed by atoms with van der Waals surface area (Å²) >= 11 is 0. The molecule has 0 saturated carbocycles. The molecule has 3 heterocycles. The van der Waals surface area contributed by atoms with Crippen LogP contribution in [0.5, 0.6) is 0 Å². The SMILES string of the molecule is Cc1c(C#N)c(N2CC(N3CCCCC3C)C2)nc2ccccc12. The molecular weight excluding hydrogens is 296 g/mol. The van der Waals surface area contributed by atoms with Gasteiger partial charge in [0.05, 0.1) is 11.1 Å². The van der Waals surface area contributed by atoms with Crippen LogP contribution in [-0.2, 0) is 0 Å². The minimum atomic E-state index is 0.611. The van der Waals surface area contributed by atoms with E-state index in [1.165, 1.54) is 25.8 Å². The number of benzene rings is 1. The Balaban J connectivity index is 1.61. The lowest BCUT2D eigenvalue weighted by Gasteiger charge is -2.50. The third-order valence-electron chi connectivity index (χ3n) is 5.73. The van der Waals surface area contributed by atoms with E-state index in [0.29, 0.717) is 12.1 Å². The van der Waals surface area contributed by atoms with Gasteiger partial charge in [-0.2, -0.15) is 5.26 Å². The first-order valence-electron chi connectivity index (χ1n) is 8.99. The van der Waals surface area contributed by atoms with Gasteiger partial charge in [0.2, 0.25) is 0 Å². The van der Waals surface area contributed by atoms with E-state index in [1.807, 2.05) is 25.1 Å². The Morgan fingerprint density at radius 1 is 1.21 bits per heavy atom. The van der Waals surface area contributed by atoms with Crippen LogP contribution in [-0.4, -0.2) is 41.6 Å². The molecule has 24 heavy (non-hydrogen) atoms. The average molecular weight is 320 g/mol. The van der Waals surface area contributed by atoms with Crippen molar-refractivity contribution in [3.63, 3.8) is 0 Å². The maximum Gasteiger partial charge on any atom is 0.147 e. The molecule has 0 bridgehead atoms. The summed E-state index contributed by atoms with van der Waals surface area (Å²) < 4.78 is 0. The summed E-state index contributed by atoms with van der Waals surface area (Å²) in [6, 6.07) is 11.8. The van der Waals surface area contributed by atoms with Crippen molar-refractivity contribution in [2.24, 2.45) is 0 Å². The fourth-order valence-electron chi connectivity index (χ4n) is 4.22. The third-order valence-corrected chi connectivity index (χ3v) is 5.73. The molecule has 4 rings (SSSR count). The topological polar surface area (TPSA) is 43.2 Å². The van der Waals surface area contributed by atoms with Crippen LogP contribution < -0.4 is 4.90 Å². The van der Waals surface area contributed by atoms with E-state index < -0.39 is 0 Å². The Hall–Kier alpha value is -2.12. The van der Waals surface area contributed by atoms with Crippen LogP contribution in [0.2, 0.25) is 0 Å². The first kappa shape index (κ1) is 15.4. The molecular formula is C20H24N4. The maximum absolute atomic E-state index is 9.66. The highest BCUT2D eigenvalue weighted by atomic mass is 15.3. The van der Waals surface area contributed by atoms with E-state index >= 15 is 0 Å². The lowest BCUT2D eigenvalue weighted by Crippen LogP contribution is -2.62. The summed E-state index contributed by atoms with van der Waals surface area (Å²) in [5.74, 6) is 0.870. The molecule has 1 aromatic carbocycles. The van der Waals surface area contributed by atoms with Gasteiger partial charge in [0, 0.05) is 30.6 Å². The number of aryl methyl sites for hydroxylation is 1. The van der Waals surface area contributed by atoms with Crippen LogP contribution in [0.3, 0.4) is 0 Å². The molecule has 1 aromatic heterocycles. The highest BCUT2D eigenvalue weighted by Gasteiger charge is 2.37. The first-order chi connectivity index (χ1) is 11.7. The number of aromatic nitrogens is 1.